The van der Waals surface area contributed by atoms with Crippen molar-refractivity contribution >= 4 is 17.9 Å². The van der Waals surface area contributed by atoms with Crippen molar-refractivity contribution in [2.75, 3.05) is 26.2 Å². The predicted molar refractivity (Wildman–Crippen MR) is 106 cm³/mol. The molecule has 1 aliphatic heterocycles. The number of imidazole rings is 1. The molecular formula is C20H31N5O4. The van der Waals surface area contributed by atoms with Crippen LogP contribution < -0.4 is 10.6 Å². The Balaban J connectivity index is 1.35. The van der Waals surface area contributed by atoms with E-state index in [-0.39, 0.29) is 24.4 Å². The molecule has 2 N–H and O–H groups in total. The van der Waals surface area contributed by atoms with Crippen molar-refractivity contribution in [3.05, 3.63) is 18.2 Å². The Bertz CT molecular complexity index is 719. The number of cyclic esters (lactones) is 1. The molecule has 0 aromatic carbocycles. The minimum absolute atomic E-state index is 0.0414. The average Bonchev–Trinajstić information content (AvgIpc) is 3.33. The summed E-state index contributed by atoms with van der Waals surface area (Å²) in [4.78, 5) is 41.5. The molecule has 3 rings (SSSR count). The van der Waals surface area contributed by atoms with Crippen LogP contribution in [0.4, 0.5) is 4.79 Å². The molecule has 1 aromatic rings. The highest BCUT2D eigenvalue weighted by molar-refractivity contribution is 5.82. The van der Waals surface area contributed by atoms with Crippen molar-refractivity contribution < 1.29 is 19.1 Å². The summed E-state index contributed by atoms with van der Waals surface area (Å²) in [6.45, 7) is 4.11. The number of aryl methyl sites for hydroxylation is 2. The third-order valence-electron chi connectivity index (χ3n) is 5.61. The van der Waals surface area contributed by atoms with Crippen molar-refractivity contribution in [1.82, 2.24) is 25.1 Å². The topological polar surface area (TPSA) is 106 Å². The van der Waals surface area contributed by atoms with Gasteiger partial charge in [0.1, 0.15) is 19.0 Å². The number of nitrogens with zero attached hydrogens (tertiary/aromatic N) is 3. The van der Waals surface area contributed by atoms with E-state index < -0.39 is 6.09 Å². The molecule has 0 spiro atoms. The largest absolute Gasteiger partial charge is 0.448 e. The second-order valence-corrected chi connectivity index (χ2v) is 7.78. The quantitative estimate of drug-likeness (QED) is 0.640. The van der Waals surface area contributed by atoms with Crippen LogP contribution in [0.5, 0.6) is 0 Å². The Hall–Kier alpha value is -2.58. The normalized spacial score (nSPS) is 21.7. The lowest BCUT2D eigenvalue weighted by molar-refractivity contribution is -0.123. The van der Waals surface area contributed by atoms with Crippen LogP contribution >= 0.6 is 0 Å². The number of aromatic nitrogens is 2. The van der Waals surface area contributed by atoms with Gasteiger partial charge in [-0.1, -0.05) is 13.3 Å². The van der Waals surface area contributed by atoms with E-state index in [0.29, 0.717) is 38.6 Å². The van der Waals surface area contributed by atoms with Gasteiger partial charge >= 0.3 is 6.09 Å². The van der Waals surface area contributed by atoms with Crippen molar-refractivity contribution in [2.45, 2.75) is 58.0 Å². The molecule has 9 nitrogen and oxygen atoms in total. The summed E-state index contributed by atoms with van der Waals surface area (Å²) >= 11 is 0. The van der Waals surface area contributed by atoms with E-state index in [1.165, 1.54) is 4.90 Å². The average molecular weight is 405 g/mol. The number of hydrogen-bond acceptors (Lipinski definition) is 5. The van der Waals surface area contributed by atoms with Crippen molar-refractivity contribution in [2.24, 2.45) is 5.92 Å². The molecule has 1 saturated heterocycles. The van der Waals surface area contributed by atoms with Gasteiger partial charge in [0, 0.05) is 44.4 Å². The zero-order valence-corrected chi connectivity index (χ0v) is 17.1. The van der Waals surface area contributed by atoms with E-state index in [0.717, 1.165) is 37.9 Å². The first-order valence-corrected chi connectivity index (χ1v) is 10.5. The van der Waals surface area contributed by atoms with Crippen LogP contribution in [-0.2, 0) is 27.3 Å². The Morgan fingerprint density at radius 3 is 2.93 bits per heavy atom. The van der Waals surface area contributed by atoms with E-state index in [9.17, 15) is 14.4 Å². The molecule has 1 saturated carbocycles. The molecular weight excluding hydrogens is 374 g/mol. The smallest absolute Gasteiger partial charge is 0.410 e. The van der Waals surface area contributed by atoms with Crippen molar-refractivity contribution in [3.63, 3.8) is 0 Å². The lowest BCUT2D eigenvalue weighted by Crippen LogP contribution is -2.43. The predicted octanol–water partition coefficient (Wildman–Crippen LogP) is 1.08. The second-order valence-electron chi connectivity index (χ2n) is 7.78. The van der Waals surface area contributed by atoms with E-state index in [1.807, 2.05) is 10.8 Å². The monoisotopic (exact) mass is 405 g/mol. The molecule has 29 heavy (non-hydrogen) atoms. The molecule has 0 bridgehead atoms. The molecule has 2 heterocycles. The zero-order chi connectivity index (χ0) is 20.6. The third kappa shape index (κ3) is 6.20. The van der Waals surface area contributed by atoms with Crippen LogP contribution in [-0.4, -0.2) is 64.6 Å². The maximum atomic E-state index is 12.3. The fourth-order valence-corrected chi connectivity index (χ4v) is 4.04. The first-order chi connectivity index (χ1) is 14.0. The minimum atomic E-state index is -0.428. The van der Waals surface area contributed by atoms with Gasteiger partial charge in [0.25, 0.3) is 0 Å². The van der Waals surface area contributed by atoms with Gasteiger partial charge < -0.3 is 19.9 Å². The third-order valence-corrected chi connectivity index (χ3v) is 5.61. The van der Waals surface area contributed by atoms with E-state index in [1.54, 1.807) is 6.20 Å². The minimum Gasteiger partial charge on any atom is -0.448 e. The van der Waals surface area contributed by atoms with Gasteiger partial charge in [-0.15, -0.1) is 0 Å². The van der Waals surface area contributed by atoms with Crippen molar-refractivity contribution in [1.29, 1.82) is 0 Å². The summed E-state index contributed by atoms with van der Waals surface area (Å²) < 4.78 is 6.85. The van der Waals surface area contributed by atoms with Gasteiger partial charge in [-0.3, -0.25) is 14.5 Å². The van der Waals surface area contributed by atoms with E-state index in [2.05, 4.69) is 22.5 Å². The highest BCUT2D eigenvalue weighted by Crippen LogP contribution is 2.24. The maximum absolute atomic E-state index is 12.3. The van der Waals surface area contributed by atoms with Crippen molar-refractivity contribution in [3.8, 4) is 0 Å². The number of hydrogen-bond donors (Lipinski definition) is 2. The number of ether oxygens (including phenoxy) is 1. The fourth-order valence-electron chi connectivity index (χ4n) is 4.04. The standard InChI is InChI=1S/C20H31N5O4/c1-2-17-21-7-9-24(17)8-6-18(26)23-16-5-3-4-15(12-16)13-22-19(27)14-25-10-11-29-20(25)28/h7,9,15-16H,2-6,8,10-14H2,1H3,(H,22,27)(H,23,26). The number of carbonyl (C=O) groups is 3. The van der Waals surface area contributed by atoms with Gasteiger partial charge in [-0.2, -0.15) is 0 Å². The first-order valence-electron chi connectivity index (χ1n) is 10.5. The zero-order valence-electron chi connectivity index (χ0n) is 17.1. The molecule has 2 fully saturated rings. The van der Waals surface area contributed by atoms with Crippen LogP contribution in [0.3, 0.4) is 0 Å². The number of carbonyl (C=O) groups excluding carboxylic acids is 3. The van der Waals surface area contributed by atoms with Crippen LogP contribution in [0.15, 0.2) is 12.4 Å². The summed E-state index contributed by atoms with van der Waals surface area (Å²) in [6.07, 6.45) is 8.44. The Labute approximate surface area is 171 Å². The second kappa shape index (κ2) is 10.3. The van der Waals surface area contributed by atoms with Crippen LogP contribution in [0.2, 0.25) is 0 Å². The van der Waals surface area contributed by atoms with E-state index >= 15 is 0 Å². The molecule has 2 aliphatic rings. The molecule has 3 amide bonds. The van der Waals surface area contributed by atoms with Crippen LogP contribution in [0, 0.1) is 5.92 Å². The molecule has 1 aromatic heterocycles. The first kappa shape index (κ1) is 21.1. The van der Waals surface area contributed by atoms with Gasteiger partial charge in [0.05, 0.1) is 6.54 Å². The van der Waals surface area contributed by atoms with Gasteiger partial charge in [-0.05, 0) is 25.2 Å². The lowest BCUT2D eigenvalue weighted by atomic mass is 9.85. The lowest BCUT2D eigenvalue weighted by Gasteiger charge is -2.30. The molecule has 2 atom stereocenters. The summed E-state index contributed by atoms with van der Waals surface area (Å²) in [7, 11) is 0. The van der Waals surface area contributed by atoms with Crippen LogP contribution in [0.1, 0.15) is 44.9 Å². The van der Waals surface area contributed by atoms with Gasteiger partial charge in [0.15, 0.2) is 0 Å². The highest BCUT2D eigenvalue weighted by Gasteiger charge is 2.26. The number of nitrogens with one attached hydrogen (secondary N) is 2. The molecule has 0 radical (unpaired) electrons. The SMILES string of the molecule is CCc1nccn1CCC(=O)NC1CCCC(CNC(=O)CN2CCOC2=O)C1. The molecule has 1 aliphatic carbocycles. The summed E-state index contributed by atoms with van der Waals surface area (Å²) in [6, 6.07) is 0.153. The maximum Gasteiger partial charge on any atom is 0.410 e. The highest BCUT2D eigenvalue weighted by atomic mass is 16.6. The van der Waals surface area contributed by atoms with E-state index in [4.69, 9.17) is 4.74 Å². The van der Waals surface area contributed by atoms with Crippen LogP contribution in [0.25, 0.3) is 0 Å². The summed E-state index contributed by atoms with van der Waals surface area (Å²) in [5.74, 6) is 1.22. The molecule has 160 valence electrons. The Morgan fingerprint density at radius 2 is 2.17 bits per heavy atom. The van der Waals surface area contributed by atoms with Gasteiger partial charge in [0.2, 0.25) is 11.8 Å². The summed E-state index contributed by atoms with van der Waals surface area (Å²) in [5.41, 5.74) is 0. The Morgan fingerprint density at radius 1 is 1.31 bits per heavy atom. The Kier molecular flexibility index (Phi) is 7.48. The summed E-state index contributed by atoms with van der Waals surface area (Å²) in [5, 5.41) is 6.06. The molecule has 9 heteroatoms. The fraction of sp³-hybridized carbons (Fsp3) is 0.700. The number of rotatable bonds is 9. The molecule has 2 unspecified atom stereocenters. The number of amides is 3. The van der Waals surface area contributed by atoms with Gasteiger partial charge in [-0.25, -0.2) is 9.78 Å².